The molecule has 2 heteroatoms. The molecule has 19 heavy (non-hydrogen) atoms. The van der Waals surface area contributed by atoms with Crippen LogP contribution < -0.4 is 5.73 Å². The number of unbranched alkanes of at least 4 members (excludes halogenated alkanes) is 5. The van der Waals surface area contributed by atoms with E-state index >= 15 is 0 Å². The van der Waals surface area contributed by atoms with Gasteiger partial charge in [0, 0.05) is 5.39 Å². The van der Waals surface area contributed by atoms with E-state index in [1.807, 2.05) is 12.1 Å². The SMILES string of the molecule is CCCCCCCCc1cc2ccccc2nc1N. The number of para-hydroxylation sites is 1. The summed E-state index contributed by atoms with van der Waals surface area (Å²) in [5, 5.41) is 1.19. The topological polar surface area (TPSA) is 38.9 Å². The lowest BCUT2D eigenvalue weighted by atomic mass is 10.0. The van der Waals surface area contributed by atoms with Gasteiger partial charge in [-0.15, -0.1) is 0 Å². The number of aromatic nitrogens is 1. The third-order valence-electron chi connectivity index (χ3n) is 3.64. The number of anilines is 1. The Kier molecular flexibility index (Phi) is 5.20. The average molecular weight is 256 g/mol. The number of nitrogen functional groups attached to an aromatic ring is 1. The Morgan fingerprint density at radius 1 is 1.00 bits per heavy atom. The molecule has 1 aromatic heterocycles. The standard InChI is InChI=1S/C17H24N2/c1-2-3-4-5-6-7-11-15-13-14-10-8-9-12-16(14)19-17(15)18/h8-10,12-13H,2-7,11H2,1H3,(H2,18,19). The van der Waals surface area contributed by atoms with E-state index in [9.17, 15) is 0 Å². The number of aryl methyl sites for hydroxylation is 1. The lowest BCUT2D eigenvalue weighted by Gasteiger charge is -2.07. The lowest BCUT2D eigenvalue weighted by molar-refractivity contribution is 0.607. The van der Waals surface area contributed by atoms with Crippen LogP contribution in [0.3, 0.4) is 0 Å². The highest BCUT2D eigenvalue weighted by molar-refractivity contribution is 5.81. The van der Waals surface area contributed by atoms with Crippen LogP contribution in [0.2, 0.25) is 0 Å². The molecule has 0 aliphatic heterocycles. The molecule has 0 fully saturated rings. The van der Waals surface area contributed by atoms with Crippen LogP contribution in [-0.4, -0.2) is 4.98 Å². The summed E-state index contributed by atoms with van der Waals surface area (Å²) in [5.41, 5.74) is 8.23. The fourth-order valence-corrected chi connectivity index (χ4v) is 2.47. The van der Waals surface area contributed by atoms with Gasteiger partial charge in [0.05, 0.1) is 5.52 Å². The number of rotatable bonds is 7. The summed E-state index contributed by atoms with van der Waals surface area (Å²) < 4.78 is 0. The molecule has 0 aliphatic rings. The first-order chi connectivity index (χ1) is 9.31. The maximum Gasteiger partial charge on any atom is 0.127 e. The van der Waals surface area contributed by atoms with Crippen molar-refractivity contribution in [3.05, 3.63) is 35.9 Å². The van der Waals surface area contributed by atoms with Crippen molar-refractivity contribution in [1.29, 1.82) is 0 Å². The van der Waals surface area contributed by atoms with E-state index in [0.717, 1.165) is 11.9 Å². The number of benzene rings is 1. The van der Waals surface area contributed by atoms with Crippen LogP contribution >= 0.6 is 0 Å². The predicted molar refractivity (Wildman–Crippen MR) is 83.2 cm³/mol. The van der Waals surface area contributed by atoms with Crippen LogP contribution in [0.4, 0.5) is 5.82 Å². The van der Waals surface area contributed by atoms with Crippen molar-refractivity contribution < 1.29 is 0 Å². The third-order valence-corrected chi connectivity index (χ3v) is 3.64. The Balaban J connectivity index is 1.91. The zero-order chi connectivity index (χ0) is 13.5. The van der Waals surface area contributed by atoms with Crippen molar-refractivity contribution in [3.63, 3.8) is 0 Å². The van der Waals surface area contributed by atoms with E-state index in [4.69, 9.17) is 5.73 Å². The quantitative estimate of drug-likeness (QED) is 0.728. The van der Waals surface area contributed by atoms with Gasteiger partial charge in [-0.2, -0.15) is 0 Å². The Hall–Kier alpha value is -1.57. The van der Waals surface area contributed by atoms with E-state index in [1.165, 1.54) is 49.5 Å². The molecule has 0 amide bonds. The van der Waals surface area contributed by atoms with Crippen LogP contribution in [0.1, 0.15) is 51.0 Å². The normalized spacial score (nSPS) is 11.0. The fraction of sp³-hybridized carbons (Fsp3) is 0.471. The summed E-state index contributed by atoms with van der Waals surface area (Å²) in [6, 6.07) is 10.4. The highest BCUT2D eigenvalue weighted by atomic mass is 14.8. The van der Waals surface area contributed by atoms with E-state index in [2.05, 4.69) is 30.1 Å². The number of hydrogen-bond donors (Lipinski definition) is 1. The second-order valence-corrected chi connectivity index (χ2v) is 5.24. The summed E-state index contributed by atoms with van der Waals surface area (Å²) >= 11 is 0. The van der Waals surface area contributed by atoms with Crippen LogP contribution in [0.25, 0.3) is 10.9 Å². The molecule has 2 aromatic rings. The molecule has 0 unspecified atom stereocenters. The van der Waals surface area contributed by atoms with E-state index < -0.39 is 0 Å². The fourth-order valence-electron chi connectivity index (χ4n) is 2.47. The Morgan fingerprint density at radius 2 is 1.74 bits per heavy atom. The number of pyridine rings is 1. The second-order valence-electron chi connectivity index (χ2n) is 5.24. The predicted octanol–water partition coefficient (Wildman–Crippen LogP) is 4.72. The molecule has 0 saturated heterocycles. The zero-order valence-corrected chi connectivity index (χ0v) is 11.9. The third kappa shape index (κ3) is 3.95. The van der Waals surface area contributed by atoms with Gasteiger partial charge in [-0.1, -0.05) is 57.2 Å². The van der Waals surface area contributed by atoms with Crippen molar-refractivity contribution in [2.24, 2.45) is 0 Å². The summed E-state index contributed by atoms with van der Waals surface area (Å²) in [6.45, 7) is 2.25. The lowest BCUT2D eigenvalue weighted by Crippen LogP contribution is -1.98. The first kappa shape index (κ1) is 13.9. The molecule has 1 aromatic carbocycles. The Bertz CT molecular complexity index is 520. The van der Waals surface area contributed by atoms with Gasteiger partial charge in [0.15, 0.2) is 0 Å². The largest absolute Gasteiger partial charge is 0.383 e. The molecular weight excluding hydrogens is 232 g/mol. The van der Waals surface area contributed by atoms with E-state index in [0.29, 0.717) is 5.82 Å². The van der Waals surface area contributed by atoms with Crippen LogP contribution in [0.15, 0.2) is 30.3 Å². The van der Waals surface area contributed by atoms with Gasteiger partial charge in [0.1, 0.15) is 5.82 Å². The Labute approximate surface area is 116 Å². The number of fused-ring (bicyclic) bond motifs is 1. The van der Waals surface area contributed by atoms with Crippen molar-refractivity contribution in [1.82, 2.24) is 4.98 Å². The number of nitrogens with two attached hydrogens (primary N) is 1. The molecule has 0 radical (unpaired) electrons. The zero-order valence-electron chi connectivity index (χ0n) is 11.9. The van der Waals surface area contributed by atoms with Gasteiger partial charge in [-0.3, -0.25) is 0 Å². The molecule has 2 nitrogen and oxygen atoms in total. The minimum atomic E-state index is 0.701. The molecule has 0 saturated carbocycles. The summed E-state index contributed by atoms with van der Waals surface area (Å²) in [4.78, 5) is 4.48. The van der Waals surface area contributed by atoms with E-state index in [1.54, 1.807) is 0 Å². The number of hydrogen-bond acceptors (Lipinski definition) is 2. The molecule has 0 atom stereocenters. The van der Waals surface area contributed by atoms with Gasteiger partial charge >= 0.3 is 0 Å². The van der Waals surface area contributed by atoms with Gasteiger partial charge in [0.25, 0.3) is 0 Å². The summed E-state index contributed by atoms with van der Waals surface area (Å²) in [5.74, 6) is 0.701. The molecule has 0 bridgehead atoms. The van der Waals surface area contributed by atoms with Crippen molar-refractivity contribution in [3.8, 4) is 0 Å². The molecule has 2 rings (SSSR count). The van der Waals surface area contributed by atoms with Crippen molar-refractivity contribution in [2.45, 2.75) is 51.9 Å². The van der Waals surface area contributed by atoms with Gasteiger partial charge in [0.2, 0.25) is 0 Å². The molecule has 0 spiro atoms. The summed E-state index contributed by atoms with van der Waals surface area (Å²) in [6.07, 6.45) is 8.94. The van der Waals surface area contributed by atoms with Crippen molar-refractivity contribution in [2.75, 3.05) is 5.73 Å². The maximum absolute atomic E-state index is 6.04. The van der Waals surface area contributed by atoms with Gasteiger partial charge < -0.3 is 5.73 Å². The average Bonchev–Trinajstić information content (AvgIpc) is 2.43. The highest BCUT2D eigenvalue weighted by Gasteiger charge is 2.03. The second kappa shape index (κ2) is 7.13. The van der Waals surface area contributed by atoms with Crippen LogP contribution in [0.5, 0.6) is 0 Å². The minimum Gasteiger partial charge on any atom is -0.383 e. The van der Waals surface area contributed by atoms with Crippen molar-refractivity contribution >= 4 is 16.7 Å². The Morgan fingerprint density at radius 3 is 2.58 bits per heavy atom. The van der Waals surface area contributed by atoms with Gasteiger partial charge in [-0.05, 0) is 30.5 Å². The molecule has 1 heterocycles. The maximum atomic E-state index is 6.04. The monoisotopic (exact) mass is 256 g/mol. The molecule has 0 aliphatic carbocycles. The molecular formula is C17H24N2. The highest BCUT2D eigenvalue weighted by Crippen LogP contribution is 2.20. The summed E-state index contributed by atoms with van der Waals surface area (Å²) in [7, 11) is 0. The number of nitrogens with zero attached hydrogens (tertiary/aromatic N) is 1. The minimum absolute atomic E-state index is 0.701. The van der Waals surface area contributed by atoms with Gasteiger partial charge in [-0.25, -0.2) is 4.98 Å². The smallest absolute Gasteiger partial charge is 0.127 e. The first-order valence-electron chi connectivity index (χ1n) is 7.45. The van der Waals surface area contributed by atoms with E-state index in [-0.39, 0.29) is 0 Å². The molecule has 2 N–H and O–H groups in total. The molecule has 102 valence electrons. The van der Waals surface area contributed by atoms with Crippen LogP contribution in [0, 0.1) is 0 Å². The first-order valence-corrected chi connectivity index (χ1v) is 7.45. The van der Waals surface area contributed by atoms with Crippen LogP contribution in [-0.2, 0) is 6.42 Å².